The van der Waals surface area contributed by atoms with Crippen LogP contribution >= 0.6 is 11.3 Å². The molecule has 6 amide bonds. The number of nitrogens with zero attached hydrogens (tertiary/aromatic N) is 10. The van der Waals surface area contributed by atoms with Crippen molar-refractivity contribution < 1.29 is 38.3 Å². The SMILES string of the molecule is Cc1cc(F)c(Nc2nc(-c3ccc4c(c3)N(C3CC(N5CCCCC5)C3)C(=O)C43CCN(C(=O)CN4CCN(CC(=O)N[C@H](C(=O)N5C[C@H](O)C[C@H]5C(=O)N[C@@H](C)c5ccc(-c6scnc6C)cc5)C(C)(C)C)CC4)CC3)cc3ncn(C(C)C)c23)cc1C(=O)NC(C)C. The van der Waals surface area contributed by atoms with Gasteiger partial charge in [-0.3, -0.25) is 38.6 Å². The van der Waals surface area contributed by atoms with E-state index >= 15 is 9.18 Å². The number of thiazole rings is 1. The second-order valence-electron chi connectivity index (χ2n) is 29.0. The number of piperidine rings is 2. The van der Waals surface area contributed by atoms with Crippen LogP contribution in [0.15, 0.2) is 72.5 Å². The number of carbonyl (C=O) groups excluding carboxylic acids is 6. The van der Waals surface area contributed by atoms with E-state index in [1.54, 1.807) is 24.6 Å². The van der Waals surface area contributed by atoms with E-state index in [1.165, 1.54) is 36.3 Å². The lowest BCUT2D eigenvalue weighted by atomic mass is 9.73. The van der Waals surface area contributed by atoms with Crippen LogP contribution in [0, 0.1) is 25.1 Å². The number of benzene rings is 3. The Balaban J connectivity index is 0.689. The number of nitrogens with one attached hydrogen (secondary N) is 4. The summed E-state index contributed by atoms with van der Waals surface area (Å²) in [6.07, 6.45) is 7.27. The molecule has 95 heavy (non-hydrogen) atoms. The highest BCUT2D eigenvalue weighted by Crippen LogP contribution is 2.52. The number of amides is 6. The first-order valence-electron chi connectivity index (χ1n) is 34.1. The number of aryl methyl sites for hydroxylation is 2. The summed E-state index contributed by atoms with van der Waals surface area (Å²) in [4.78, 5) is 113. The minimum atomic E-state index is -0.972. The van der Waals surface area contributed by atoms with Gasteiger partial charge < -0.3 is 50.5 Å². The van der Waals surface area contributed by atoms with Gasteiger partial charge in [0.2, 0.25) is 29.5 Å². The average molecular weight is 1320 g/mol. The first-order chi connectivity index (χ1) is 45.3. The number of fused-ring (bicyclic) bond motifs is 3. The first-order valence-corrected chi connectivity index (χ1v) is 35.0. The van der Waals surface area contributed by atoms with Gasteiger partial charge in [0.25, 0.3) is 5.91 Å². The molecule has 3 aromatic heterocycles. The Bertz CT molecular complexity index is 3870. The maximum Gasteiger partial charge on any atom is 0.251 e. The van der Waals surface area contributed by atoms with Gasteiger partial charge in [-0.2, -0.15) is 0 Å². The normalized spacial score (nSPS) is 21.7. The molecule has 1 saturated carbocycles. The van der Waals surface area contributed by atoms with Gasteiger partial charge in [0, 0.05) is 93.2 Å². The Morgan fingerprint density at radius 2 is 1.46 bits per heavy atom. The van der Waals surface area contributed by atoms with Crippen molar-refractivity contribution >= 4 is 75.0 Å². The molecule has 5 fully saturated rings. The lowest BCUT2D eigenvalue weighted by Gasteiger charge is -2.48. The van der Waals surface area contributed by atoms with E-state index in [-0.39, 0.29) is 85.4 Å². The van der Waals surface area contributed by atoms with Gasteiger partial charge >= 0.3 is 0 Å². The highest BCUT2D eigenvalue weighted by atomic mass is 32.1. The number of aliphatic hydroxyl groups is 1. The molecule has 5 aliphatic heterocycles. The Labute approximate surface area is 560 Å². The zero-order valence-corrected chi connectivity index (χ0v) is 57.5. The summed E-state index contributed by atoms with van der Waals surface area (Å²) in [5.41, 5.74) is 8.65. The number of imidazole rings is 1. The van der Waals surface area contributed by atoms with Gasteiger partial charge in [-0.15, -0.1) is 11.3 Å². The van der Waals surface area contributed by atoms with Gasteiger partial charge in [-0.25, -0.2) is 19.3 Å². The van der Waals surface area contributed by atoms with E-state index in [2.05, 4.69) is 53.1 Å². The lowest BCUT2D eigenvalue weighted by molar-refractivity contribution is -0.144. The number of likely N-dealkylation sites (tertiary alicyclic amines) is 3. The van der Waals surface area contributed by atoms with Gasteiger partial charge in [0.1, 0.15) is 23.4 Å². The molecular weight excluding hydrogens is 1220 g/mol. The molecule has 5 N–H and O–H groups in total. The van der Waals surface area contributed by atoms with E-state index in [4.69, 9.17) is 9.97 Å². The molecule has 506 valence electrons. The summed E-state index contributed by atoms with van der Waals surface area (Å²) < 4.78 is 18.0. The molecule has 4 atom stereocenters. The Morgan fingerprint density at radius 3 is 2.12 bits per heavy atom. The van der Waals surface area contributed by atoms with Crippen molar-refractivity contribution in [1.29, 1.82) is 0 Å². The molecule has 8 heterocycles. The highest BCUT2D eigenvalue weighted by Gasteiger charge is 2.56. The van der Waals surface area contributed by atoms with Crippen LogP contribution < -0.4 is 26.2 Å². The molecule has 0 radical (unpaired) electrons. The molecule has 21 nitrogen and oxygen atoms in total. The third kappa shape index (κ3) is 13.9. The van der Waals surface area contributed by atoms with Gasteiger partial charge in [-0.05, 0) is 152 Å². The maximum absolute atomic E-state index is 16.0. The minimum Gasteiger partial charge on any atom is -0.391 e. The van der Waals surface area contributed by atoms with Crippen LogP contribution in [-0.4, -0.2) is 193 Å². The van der Waals surface area contributed by atoms with E-state index in [1.807, 2.05) is 119 Å². The van der Waals surface area contributed by atoms with Gasteiger partial charge in [0.05, 0.1) is 70.0 Å². The zero-order chi connectivity index (χ0) is 67.4. The summed E-state index contributed by atoms with van der Waals surface area (Å²) in [6, 6.07) is 17.0. The number of rotatable bonds is 18. The van der Waals surface area contributed by atoms with Gasteiger partial charge in [-0.1, -0.05) is 63.6 Å². The van der Waals surface area contributed by atoms with Crippen LogP contribution in [0.5, 0.6) is 0 Å². The fourth-order valence-electron chi connectivity index (χ4n) is 15.1. The number of halogens is 1. The van der Waals surface area contributed by atoms with Crippen LogP contribution in [0.2, 0.25) is 0 Å². The molecule has 4 saturated heterocycles. The van der Waals surface area contributed by atoms with Crippen molar-refractivity contribution in [2.75, 3.05) is 82.2 Å². The summed E-state index contributed by atoms with van der Waals surface area (Å²) >= 11 is 1.57. The van der Waals surface area contributed by atoms with Crippen molar-refractivity contribution in [1.82, 2.24) is 60.0 Å². The molecule has 3 aromatic carbocycles. The van der Waals surface area contributed by atoms with E-state index in [0.29, 0.717) is 91.8 Å². The quantitative estimate of drug-likeness (QED) is 0.0542. The molecule has 23 heteroatoms. The molecule has 0 bridgehead atoms. The van der Waals surface area contributed by atoms with Crippen molar-refractivity contribution in [3.63, 3.8) is 0 Å². The molecule has 12 rings (SSSR count). The number of pyridine rings is 1. The number of anilines is 3. The zero-order valence-electron chi connectivity index (χ0n) is 56.6. The molecule has 6 aromatic rings. The monoisotopic (exact) mass is 1320 g/mol. The fraction of sp³-hybridized carbons (Fsp3) is 0.542. The van der Waals surface area contributed by atoms with Gasteiger partial charge in [0.15, 0.2) is 5.82 Å². The highest BCUT2D eigenvalue weighted by molar-refractivity contribution is 7.13. The molecule has 0 unspecified atom stereocenters. The Kier molecular flexibility index (Phi) is 19.4. The standard InChI is InChI=1S/C72H93FN14O7S/c1-42(2)76-67(91)53-35-57(55(73)30-44(53)5)79-66-63-58(74-40-86(63)43(3)4)36-56(78-66)49-18-19-54-59(31-49)87(51-32-50(33-51)83-22-12-11-13-23-83)70(94)72(54)20-24-84(25-21-72)62(90)39-82-28-26-81(27-29-82)38-61(89)80-65(71(8,9)10)69(93)85-37-52(88)34-60(85)68(92)77-45(6)47-14-16-48(17-15-47)64-46(7)75-41-95-64/h14-19,30-31,35-36,40-43,45,50-52,60,65,88H,11-13,20-29,32-34,37-39H2,1-10H3,(H,76,91)(H,77,92)(H,78,79)(H,80,89)/t45-,50?,51?,52+,60-,65+/m0/s1. The molecule has 1 spiro atoms. The van der Waals surface area contributed by atoms with Crippen molar-refractivity contribution in [2.45, 2.75) is 174 Å². The van der Waals surface area contributed by atoms with E-state index in [0.717, 1.165) is 64.4 Å². The summed E-state index contributed by atoms with van der Waals surface area (Å²) in [6.45, 7) is 24.4. The van der Waals surface area contributed by atoms with E-state index in [9.17, 15) is 29.1 Å². The lowest BCUT2D eigenvalue weighted by Crippen LogP contribution is -2.59. The molecular formula is C72H93FN14O7S. The number of piperazine rings is 1. The van der Waals surface area contributed by atoms with Crippen LogP contribution in [0.25, 0.3) is 32.7 Å². The summed E-state index contributed by atoms with van der Waals surface area (Å²) in [7, 11) is 0. The predicted molar refractivity (Wildman–Crippen MR) is 367 cm³/mol. The predicted octanol–water partition coefficient (Wildman–Crippen LogP) is 8.65. The maximum atomic E-state index is 16.0. The minimum absolute atomic E-state index is 0.00139. The van der Waals surface area contributed by atoms with Crippen molar-refractivity contribution in [3.05, 3.63) is 106 Å². The fourth-order valence-corrected chi connectivity index (χ4v) is 15.9. The van der Waals surface area contributed by atoms with Crippen LogP contribution in [-0.2, 0) is 29.4 Å². The number of hydrogen-bond acceptors (Lipinski definition) is 15. The third-order valence-electron chi connectivity index (χ3n) is 20.6. The largest absolute Gasteiger partial charge is 0.391 e. The summed E-state index contributed by atoms with van der Waals surface area (Å²) in [5.74, 6) is -1.50. The summed E-state index contributed by atoms with van der Waals surface area (Å²) in [5, 5.41) is 23.1. The van der Waals surface area contributed by atoms with Crippen molar-refractivity contribution in [3.8, 4) is 21.7 Å². The molecule has 6 aliphatic rings. The van der Waals surface area contributed by atoms with Crippen LogP contribution in [0.1, 0.15) is 152 Å². The topological polar surface area (TPSA) is 234 Å². The number of aromatic nitrogens is 4. The van der Waals surface area contributed by atoms with Crippen molar-refractivity contribution in [2.24, 2.45) is 5.41 Å². The van der Waals surface area contributed by atoms with Crippen LogP contribution in [0.4, 0.5) is 21.6 Å². The van der Waals surface area contributed by atoms with Crippen LogP contribution in [0.3, 0.4) is 0 Å². The number of aliphatic hydroxyl groups excluding tert-OH is 1. The number of hydrogen-bond donors (Lipinski definition) is 5. The second kappa shape index (κ2) is 27.4. The van der Waals surface area contributed by atoms with E-state index < -0.39 is 40.7 Å². The Hall–Kier alpha value is -7.70. The molecule has 1 aliphatic carbocycles. The third-order valence-corrected chi connectivity index (χ3v) is 21.6. The number of carbonyl (C=O) groups is 6. The first kappa shape index (κ1) is 67.3. The smallest absolute Gasteiger partial charge is 0.251 e. The second-order valence-corrected chi connectivity index (χ2v) is 29.9. The average Bonchev–Trinajstić information content (AvgIpc) is 1.56. The Morgan fingerprint density at radius 1 is 0.779 bits per heavy atom. The number of β-amino-alcohol motifs (C(OH)–C–C–N with tert-alkyl or cyclic N) is 1.